The number of halogens is 1. The fourth-order valence-electron chi connectivity index (χ4n) is 1.39. The van der Waals surface area contributed by atoms with Crippen LogP contribution in [0, 0.1) is 20.2 Å². The standard InChI is InChI=1S/C9H9BrN2O4/c10-6-2-4-7-3-1-5-8(11(13)14)9(7)12(15)16/h1,3,5H,2,4,6H2. The molecule has 0 N–H and O–H groups in total. The molecule has 6 nitrogen and oxygen atoms in total. The first-order chi connectivity index (χ1) is 7.57. The SMILES string of the molecule is O=[N+]([O-])c1cccc(CCCBr)c1[N+](=O)[O-]. The van der Waals surface area contributed by atoms with Crippen LogP contribution in [0.3, 0.4) is 0 Å². The maximum absolute atomic E-state index is 10.8. The number of aryl methyl sites for hydroxylation is 1. The van der Waals surface area contributed by atoms with Crippen LogP contribution in [-0.2, 0) is 6.42 Å². The summed E-state index contributed by atoms with van der Waals surface area (Å²) in [5, 5.41) is 22.1. The number of rotatable bonds is 5. The molecule has 0 aromatic heterocycles. The van der Waals surface area contributed by atoms with Crippen LogP contribution in [0.4, 0.5) is 11.4 Å². The molecule has 0 fully saturated rings. The summed E-state index contributed by atoms with van der Waals surface area (Å²) in [6.07, 6.45) is 1.14. The molecule has 16 heavy (non-hydrogen) atoms. The maximum atomic E-state index is 10.8. The maximum Gasteiger partial charge on any atom is 0.349 e. The molecular formula is C9H9BrN2O4. The van der Waals surface area contributed by atoms with Crippen molar-refractivity contribution in [3.63, 3.8) is 0 Å². The summed E-state index contributed by atoms with van der Waals surface area (Å²) in [6.45, 7) is 0. The molecule has 0 unspecified atom stereocenters. The number of benzene rings is 1. The Morgan fingerprint density at radius 3 is 2.38 bits per heavy atom. The molecule has 0 spiro atoms. The van der Waals surface area contributed by atoms with Crippen molar-refractivity contribution in [3.05, 3.63) is 44.0 Å². The molecule has 7 heteroatoms. The summed E-state index contributed by atoms with van der Waals surface area (Å²) in [6, 6.07) is 4.16. The van der Waals surface area contributed by atoms with E-state index in [2.05, 4.69) is 15.9 Å². The van der Waals surface area contributed by atoms with Gasteiger partial charge in [-0.25, -0.2) is 0 Å². The van der Waals surface area contributed by atoms with E-state index in [0.29, 0.717) is 23.7 Å². The molecule has 0 saturated carbocycles. The lowest BCUT2D eigenvalue weighted by Gasteiger charge is -2.01. The Kier molecular flexibility index (Phi) is 4.36. The van der Waals surface area contributed by atoms with Crippen LogP contribution >= 0.6 is 15.9 Å². The van der Waals surface area contributed by atoms with Crippen molar-refractivity contribution in [1.82, 2.24) is 0 Å². The van der Waals surface area contributed by atoms with Crippen molar-refractivity contribution in [2.24, 2.45) is 0 Å². The van der Waals surface area contributed by atoms with Gasteiger partial charge < -0.3 is 0 Å². The van der Waals surface area contributed by atoms with Gasteiger partial charge in [0.1, 0.15) is 0 Å². The summed E-state index contributed by atoms with van der Waals surface area (Å²) in [4.78, 5) is 20.0. The van der Waals surface area contributed by atoms with Gasteiger partial charge in [-0.15, -0.1) is 0 Å². The van der Waals surface area contributed by atoms with Crippen LogP contribution in [0.25, 0.3) is 0 Å². The second-order valence-corrected chi connectivity index (χ2v) is 3.88. The van der Waals surface area contributed by atoms with Crippen LogP contribution in [0.1, 0.15) is 12.0 Å². The third-order valence-electron chi connectivity index (χ3n) is 2.06. The average molecular weight is 289 g/mol. The lowest BCUT2D eigenvalue weighted by Crippen LogP contribution is -2.01. The number of alkyl halides is 1. The van der Waals surface area contributed by atoms with Gasteiger partial charge in [0.2, 0.25) is 0 Å². The number of hydrogen-bond acceptors (Lipinski definition) is 4. The third kappa shape index (κ3) is 2.75. The van der Waals surface area contributed by atoms with Crippen molar-refractivity contribution < 1.29 is 9.85 Å². The van der Waals surface area contributed by atoms with Crippen molar-refractivity contribution in [1.29, 1.82) is 0 Å². The van der Waals surface area contributed by atoms with Crippen molar-refractivity contribution in [2.45, 2.75) is 12.8 Å². The van der Waals surface area contributed by atoms with Crippen LogP contribution in [-0.4, -0.2) is 15.2 Å². The van der Waals surface area contributed by atoms with Crippen molar-refractivity contribution >= 4 is 27.3 Å². The lowest BCUT2D eigenvalue weighted by atomic mass is 10.1. The Hall–Kier alpha value is -1.50. The molecule has 0 bridgehead atoms. The van der Waals surface area contributed by atoms with Gasteiger partial charge in [-0.2, -0.15) is 0 Å². The molecule has 0 heterocycles. The summed E-state index contributed by atoms with van der Waals surface area (Å²) in [5.41, 5.74) is -0.441. The van der Waals surface area contributed by atoms with E-state index in [1.54, 1.807) is 6.07 Å². The van der Waals surface area contributed by atoms with E-state index in [4.69, 9.17) is 0 Å². The Labute approximate surface area is 99.7 Å². The quantitative estimate of drug-likeness (QED) is 0.473. The third-order valence-corrected chi connectivity index (χ3v) is 2.62. The smallest absolute Gasteiger partial charge is 0.258 e. The predicted octanol–water partition coefficient (Wildman–Crippen LogP) is 2.83. The van der Waals surface area contributed by atoms with Crippen LogP contribution in [0.2, 0.25) is 0 Å². The monoisotopic (exact) mass is 288 g/mol. The number of nitro groups is 2. The Balaban J connectivity index is 3.21. The van der Waals surface area contributed by atoms with Crippen LogP contribution in [0.5, 0.6) is 0 Å². The number of hydrogen-bond donors (Lipinski definition) is 0. The Bertz CT molecular complexity index is 422. The zero-order chi connectivity index (χ0) is 12.1. The zero-order valence-corrected chi connectivity index (χ0v) is 9.84. The summed E-state index contributed by atoms with van der Waals surface area (Å²) in [7, 11) is 0. The van der Waals surface area contributed by atoms with Gasteiger partial charge in [0.15, 0.2) is 0 Å². The molecule has 0 saturated heterocycles. The molecule has 1 rings (SSSR count). The van der Waals surface area contributed by atoms with Gasteiger partial charge >= 0.3 is 11.4 Å². The number of nitrogens with zero attached hydrogens (tertiary/aromatic N) is 2. The zero-order valence-electron chi connectivity index (χ0n) is 8.26. The minimum absolute atomic E-state index is 0.395. The minimum Gasteiger partial charge on any atom is -0.258 e. The largest absolute Gasteiger partial charge is 0.349 e. The number of nitro benzene ring substituents is 2. The van der Waals surface area contributed by atoms with Gasteiger partial charge in [-0.3, -0.25) is 20.2 Å². The van der Waals surface area contributed by atoms with Gasteiger partial charge in [0.05, 0.1) is 9.85 Å². The Morgan fingerprint density at radius 2 is 1.88 bits per heavy atom. The first-order valence-corrected chi connectivity index (χ1v) is 5.66. The Morgan fingerprint density at radius 1 is 1.19 bits per heavy atom. The van der Waals surface area contributed by atoms with Gasteiger partial charge in [0, 0.05) is 17.0 Å². The van der Waals surface area contributed by atoms with E-state index in [-0.39, 0.29) is 0 Å². The molecule has 1 aromatic rings. The molecule has 0 atom stereocenters. The predicted molar refractivity (Wildman–Crippen MR) is 61.9 cm³/mol. The fourth-order valence-corrected chi connectivity index (χ4v) is 1.68. The second kappa shape index (κ2) is 5.55. The normalized spacial score (nSPS) is 10.1. The highest BCUT2D eigenvalue weighted by atomic mass is 79.9. The van der Waals surface area contributed by atoms with Crippen LogP contribution < -0.4 is 0 Å². The molecule has 0 aliphatic heterocycles. The molecule has 0 amide bonds. The summed E-state index contributed by atoms with van der Waals surface area (Å²) < 4.78 is 0. The minimum atomic E-state index is -0.726. The topological polar surface area (TPSA) is 86.3 Å². The first-order valence-electron chi connectivity index (χ1n) is 4.54. The van der Waals surface area contributed by atoms with E-state index in [1.807, 2.05) is 0 Å². The molecular weight excluding hydrogens is 280 g/mol. The van der Waals surface area contributed by atoms with Gasteiger partial charge in [-0.05, 0) is 12.8 Å². The molecule has 0 aliphatic rings. The highest BCUT2D eigenvalue weighted by Gasteiger charge is 2.27. The molecule has 86 valence electrons. The lowest BCUT2D eigenvalue weighted by molar-refractivity contribution is -0.423. The van der Waals surface area contributed by atoms with E-state index in [9.17, 15) is 20.2 Å². The van der Waals surface area contributed by atoms with E-state index in [1.165, 1.54) is 6.07 Å². The van der Waals surface area contributed by atoms with Crippen molar-refractivity contribution in [3.8, 4) is 0 Å². The van der Waals surface area contributed by atoms with E-state index >= 15 is 0 Å². The first kappa shape index (κ1) is 12.6. The van der Waals surface area contributed by atoms with Gasteiger partial charge in [0.25, 0.3) is 0 Å². The van der Waals surface area contributed by atoms with E-state index in [0.717, 1.165) is 6.07 Å². The van der Waals surface area contributed by atoms with Crippen LogP contribution in [0.15, 0.2) is 18.2 Å². The molecule has 1 aromatic carbocycles. The summed E-state index contributed by atoms with van der Waals surface area (Å²) >= 11 is 3.21. The fraction of sp³-hybridized carbons (Fsp3) is 0.333. The average Bonchev–Trinajstić information content (AvgIpc) is 2.25. The number of para-hydroxylation sites is 1. The van der Waals surface area contributed by atoms with E-state index < -0.39 is 21.2 Å². The molecule has 0 radical (unpaired) electrons. The summed E-state index contributed by atoms with van der Waals surface area (Å²) in [5.74, 6) is 0. The highest BCUT2D eigenvalue weighted by Crippen LogP contribution is 2.31. The highest BCUT2D eigenvalue weighted by molar-refractivity contribution is 9.09. The van der Waals surface area contributed by atoms with Gasteiger partial charge in [-0.1, -0.05) is 28.1 Å². The van der Waals surface area contributed by atoms with Crippen molar-refractivity contribution in [2.75, 3.05) is 5.33 Å². The second-order valence-electron chi connectivity index (χ2n) is 3.09. The molecule has 0 aliphatic carbocycles.